The van der Waals surface area contributed by atoms with Crippen LogP contribution in [-0.2, 0) is 25.6 Å². The summed E-state index contributed by atoms with van der Waals surface area (Å²) in [6, 6.07) is 10.1. The molecule has 3 atom stereocenters. The normalized spacial score (nSPS) is 35.1. The summed E-state index contributed by atoms with van der Waals surface area (Å²) in [5, 5.41) is 0. The summed E-state index contributed by atoms with van der Waals surface area (Å²) < 4.78 is 23.3. The largest absolute Gasteiger partial charge is 0.374 e. The van der Waals surface area contributed by atoms with E-state index in [1.807, 2.05) is 32.0 Å². The highest BCUT2D eigenvalue weighted by molar-refractivity contribution is 5.13. The Morgan fingerprint density at radius 1 is 1.10 bits per heavy atom. The van der Waals surface area contributed by atoms with E-state index in [1.54, 1.807) is 0 Å². The van der Waals surface area contributed by atoms with Gasteiger partial charge in [0.05, 0.1) is 18.8 Å². The van der Waals surface area contributed by atoms with Crippen molar-refractivity contribution in [2.24, 2.45) is 0 Å². The van der Waals surface area contributed by atoms with Crippen LogP contribution in [0.25, 0.3) is 0 Å². The minimum absolute atomic E-state index is 0.00956. The van der Waals surface area contributed by atoms with Crippen LogP contribution in [0.1, 0.15) is 32.8 Å². The fraction of sp³-hybridized carbons (Fsp3) is 0.625. The van der Waals surface area contributed by atoms with Gasteiger partial charge in [-0.05, 0) is 26.3 Å². The van der Waals surface area contributed by atoms with Crippen molar-refractivity contribution in [3.8, 4) is 0 Å². The molecular formula is C16H22O4. The summed E-state index contributed by atoms with van der Waals surface area (Å²) in [4.78, 5) is 0. The third kappa shape index (κ3) is 3.04. The third-order valence-electron chi connectivity index (χ3n) is 3.69. The van der Waals surface area contributed by atoms with E-state index in [2.05, 4.69) is 19.1 Å². The van der Waals surface area contributed by atoms with E-state index >= 15 is 0 Å². The molecule has 0 bridgehead atoms. The molecule has 1 aromatic carbocycles. The lowest BCUT2D eigenvalue weighted by molar-refractivity contribution is -0.229. The van der Waals surface area contributed by atoms with Gasteiger partial charge in [-0.25, -0.2) is 0 Å². The van der Waals surface area contributed by atoms with E-state index in [0.717, 1.165) is 6.42 Å². The van der Waals surface area contributed by atoms with Gasteiger partial charge in [-0.1, -0.05) is 30.3 Å². The first kappa shape index (κ1) is 14.0. The smallest absolute Gasteiger partial charge is 0.187 e. The van der Waals surface area contributed by atoms with Crippen molar-refractivity contribution < 1.29 is 18.9 Å². The maximum Gasteiger partial charge on any atom is 0.187 e. The van der Waals surface area contributed by atoms with Crippen LogP contribution in [0, 0.1) is 0 Å². The summed E-state index contributed by atoms with van der Waals surface area (Å²) in [6.07, 6.45) is 0.543. The zero-order valence-electron chi connectivity index (χ0n) is 12.3. The molecule has 0 amide bonds. The van der Waals surface area contributed by atoms with E-state index in [0.29, 0.717) is 13.2 Å². The predicted octanol–water partition coefficient (Wildman–Crippen LogP) is 2.86. The second-order valence-corrected chi connectivity index (χ2v) is 6.29. The molecule has 4 heteroatoms. The van der Waals surface area contributed by atoms with Gasteiger partial charge in [0.15, 0.2) is 12.1 Å². The zero-order chi connectivity index (χ0) is 14.2. The Hall–Kier alpha value is -0.940. The number of benzene rings is 1. The molecule has 2 fully saturated rings. The topological polar surface area (TPSA) is 36.9 Å². The number of fused-ring (bicyclic) bond motifs is 1. The fourth-order valence-corrected chi connectivity index (χ4v) is 2.85. The zero-order valence-corrected chi connectivity index (χ0v) is 12.3. The van der Waals surface area contributed by atoms with Crippen LogP contribution in [0.2, 0.25) is 0 Å². The Bertz CT molecular complexity index is 441. The van der Waals surface area contributed by atoms with Gasteiger partial charge in [-0.3, -0.25) is 0 Å². The minimum atomic E-state index is -0.540. The van der Waals surface area contributed by atoms with Crippen molar-refractivity contribution in [1.82, 2.24) is 0 Å². The lowest BCUT2D eigenvalue weighted by atomic mass is 10.0. The van der Waals surface area contributed by atoms with Crippen LogP contribution in [0.4, 0.5) is 0 Å². The van der Waals surface area contributed by atoms with E-state index in [-0.39, 0.29) is 18.0 Å². The Labute approximate surface area is 120 Å². The lowest BCUT2D eigenvalue weighted by Gasteiger charge is -2.27. The quantitative estimate of drug-likeness (QED) is 0.848. The first-order chi connectivity index (χ1) is 9.46. The molecule has 20 heavy (non-hydrogen) atoms. The number of ether oxygens (including phenoxy) is 4. The molecule has 0 radical (unpaired) electrons. The van der Waals surface area contributed by atoms with Crippen LogP contribution < -0.4 is 0 Å². The summed E-state index contributed by atoms with van der Waals surface area (Å²) >= 11 is 0. The molecule has 2 aliphatic heterocycles. The van der Waals surface area contributed by atoms with Crippen LogP contribution in [0.3, 0.4) is 0 Å². The molecule has 1 aromatic rings. The van der Waals surface area contributed by atoms with Crippen molar-refractivity contribution in [1.29, 1.82) is 0 Å². The standard InChI is InChI=1S/C16H22O4/c1-15(2)18-13-9-16(3,20-14(13)19-15)11-17-10-12-7-5-4-6-8-12/h4-8,13-14H,9-11H2,1-3H3/t13-,14+,16+/m1/s1. The maximum atomic E-state index is 5.97. The second-order valence-electron chi connectivity index (χ2n) is 6.29. The summed E-state index contributed by atoms with van der Waals surface area (Å²) in [5.41, 5.74) is 0.837. The van der Waals surface area contributed by atoms with Gasteiger partial charge < -0.3 is 18.9 Å². The average molecular weight is 278 g/mol. The summed E-state index contributed by atoms with van der Waals surface area (Å²) in [5.74, 6) is -0.540. The molecule has 0 N–H and O–H groups in total. The second kappa shape index (κ2) is 5.11. The van der Waals surface area contributed by atoms with E-state index < -0.39 is 5.79 Å². The maximum absolute atomic E-state index is 5.97. The molecule has 2 heterocycles. The highest BCUT2D eigenvalue weighted by atomic mass is 16.8. The van der Waals surface area contributed by atoms with Crippen LogP contribution >= 0.6 is 0 Å². The predicted molar refractivity (Wildman–Crippen MR) is 74.0 cm³/mol. The number of rotatable bonds is 4. The third-order valence-corrected chi connectivity index (χ3v) is 3.69. The first-order valence-electron chi connectivity index (χ1n) is 7.11. The Morgan fingerprint density at radius 2 is 1.85 bits per heavy atom. The monoisotopic (exact) mass is 278 g/mol. The summed E-state index contributed by atoms with van der Waals surface area (Å²) in [7, 11) is 0. The van der Waals surface area contributed by atoms with Crippen molar-refractivity contribution in [3.63, 3.8) is 0 Å². The lowest BCUT2D eigenvalue weighted by Crippen LogP contribution is -2.34. The van der Waals surface area contributed by atoms with Gasteiger partial charge in [0.25, 0.3) is 0 Å². The molecular weight excluding hydrogens is 256 g/mol. The Balaban J connectivity index is 1.50. The molecule has 2 saturated heterocycles. The first-order valence-corrected chi connectivity index (χ1v) is 7.11. The minimum Gasteiger partial charge on any atom is -0.374 e. The summed E-state index contributed by atoms with van der Waals surface area (Å²) in [6.45, 7) is 7.02. The van der Waals surface area contributed by atoms with Crippen molar-refractivity contribution >= 4 is 0 Å². The molecule has 2 aliphatic rings. The average Bonchev–Trinajstić information content (AvgIpc) is 2.79. The van der Waals surface area contributed by atoms with Gasteiger partial charge in [0.1, 0.15) is 6.10 Å². The van der Waals surface area contributed by atoms with E-state index in [9.17, 15) is 0 Å². The fourth-order valence-electron chi connectivity index (χ4n) is 2.85. The van der Waals surface area contributed by atoms with Crippen molar-refractivity contribution in [2.75, 3.05) is 6.61 Å². The molecule has 0 aliphatic carbocycles. The molecule has 0 aromatic heterocycles. The van der Waals surface area contributed by atoms with E-state index in [4.69, 9.17) is 18.9 Å². The highest BCUT2D eigenvalue weighted by Crippen LogP contribution is 2.41. The molecule has 4 nitrogen and oxygen atoms in total. The molecule has 0 unspecified atom stereocenters. The molecule has 110 valence electrons. The molecule has 0 spiro atoms. The van der Waals surface area contributed by atoms with Crippen LogP contribution in [0.15, 0.2) is 30.3 Å². The van der Waals surface area contributed by atoms with Gasteiger partial charge >= 0.3 is 0 Å². The van der Waals surface area contributed by atoms with Crippen LogP contribution in [-0.4, -0.2) is 30.4 Å². The number of hydrogen-bond donors (Lipinski definition) is 0. The van der Waals surface area contributed by atoms with Crippen molar-refractivity contribution in [2.45, 2.75) is 57.6 Å². The van der Waals surface area contributed by atoms with Crippen molar-refractivity contribution in [3.05, 3.63) is 35.9 Å². The molecule has 3 rings (SSSR count). The van der Waals surface area contributed by atoms with Gasteiger partial charge in [-0.2, -0.15) is 0 Å². The molecule has 0 saturated carbocycles. The SMILES string of the molecule is CC1(C)O[C@H]2O[C@](C)(COCc3ccccc3)C[C@H]2O1. The van der Waals surface area contributed by atoms with Gasteiger partial charge in [-0.15, -0.1) is 0 Å². The highest BCUT2D eigenvalue weighted by Gasteiger charge is 2.53. The van der Waals surface area contributed by atoms with E-state index in [1.165, 1.54) is 5.56 Å². The Kier molecular flexibility index (Phi) is 3.58. The Morgan fingerprint density at radius 3 is 2.55 bits per heavy atom. The number of hydrogen-bond acceptors (Lipinski definition) is 4. The van der Waals surface area contributed by atoms with Crippen LogP contribution in [0.5, 0.6) is 0 Å². The van der Waals surface area contributed by atoms with Gasteiger partial charge in [0, 0.05) is 6.42 Å². The van der Waals surface area contributed by atoms with Gasteiger partial charge in [0.2, 0.25) is 0 Å².